The first-order chi connectivity index (χ1) is 4.81. The molecule has 0 aliphatic heterocycles. The van der Waals surface area contributed by atoms with Crippen LogP contribution in [-0.2, 0) is 0 Å². The standard InChI is InChI=1S/C5H11NS2.H2Se2/c1-3-6-5(7)8-4-2;1-2/h3-4H2,1-2H3,(H,6,7);1-2H. The number of rotatable bonds is 2. The topological polar surface area (TPSA) is 12.0 Å². The molecule has 0 aromatic rings. The Morgan fingerprint density at radius 2 is 2.00 bits per heavy atom. The summed E-state index contributed by atoms with van der Waals surface area (Å²) < 4.78 is 0.912. The molecule has 0 unspecified atom stereocenters. The molecule has 5 heteroatoms. The Morgan fingerprint density at radius 3 is 2.30 bits per heavy atom. The van der Waals surface area contributed by atoms with Crippen molar-refractivity contribution in [3.63, 3.8) is 0 Å². The van der Waals surface area contributed by atoms with Crippen LogP contribution in [0, 0.1) is 0 Å². The van der Waals surface area contributed by atoms with Crippen molar-refractivity contribution in [2.24, 2.45) is 0 Å². The third kappa shape index (κ3) is 12.0. The van der Waals surface area contributed by atoms with E-state index in [0.717, 1.165) is 16.6 Å². The summed E-state index contributed by atoms with van der Waals surface area (Å²) in [6.07, 6.45) is 0. The van der Waals surface area contributed by atoms with Crippen molar-refractivity contribution in [2.45, 2.75) is 13.8 Å². The average Bonchev–Trinajstić information content (AvgIpc) is 1.93. The van der Waals surface area contributed by atoms with E-state index in [-0.39, 0.29) is 0 Å². The van der Waals surface area contributed by atoms with Crippen molar-refractivity contribution in [1.82, 2.24) is 5.32 Å². The van der Waals surface area contributed by atoms with Crippen LogP contribution in [0.1, 0.15) is 13.8 Å². The van der Waals surface area contributed by atoms with E-state index in [1.165, 1.54) is 0 Å². The molecule has 0 saturated carbocycles. The predicted octanol–water partition coefficient (Wildman–Crippen LogP) is 0.337. The van der Waals surface area contributed by atoms with E-state index in [1.807, 2.05) is 6.92 Å². The molecule has 0 rings (SSSR count). The van der Waals surface area contributed by atoms with Crippen molar-refractivity contribution in [3.8, 4) is 0 Å². The molecule has 0 fully saturated rings. The van der Waals surface area contributed by atoms with Gasteiger partial charge >= 0.3 is 28.4 Å². The first-order valence-electron chi connectivity index (χ1n) is 2.91. The molecule has 0 bridgehead atoms. The van der Waals surface area contributed by atoms with E-state index in [2.05, 4.69) is 40.6 Å². The fourth-order valence-corrected chi connectivity index (χ4v) is 1.33. The van der Waals surface area contributed by atoms with E-state index in [1.54, 1.807) is 11.8 Å². The Bertz CT molecular complexity index is 72.0. The number of hydrogen-bond donors (Lipinski definition) is 1. The Hall–Kier alpha value is 1.28. The maximum atomic E-state index is 4.90. The molecule has 10 heavy (non-hydrogen) atoms. The van der Waals surface area contributed by atoms with Gasteiger partial charge in [-0.2, -0.15) is 0 Å². The third-order valence-corrected chi connectivity index (χ3v) is 1.79. The first-order valence-corrected chi connectivity index (χ1v) is 9.51. The van der Waals surface area contributed by atoms with Gasteiger partial charge in [0.15, 0.2) is 0 Å². The van der Waals surface area contributed by atoms with Crippen LogP contribution in [0.3, 0.4) is 0 Å². The van der Waals surface area contributed by atoms with Gasteiger partial charge in [-0.1, -0.05) is 30.9 Å². The summed E-state index contributed by atoms with van der Waals surface area (Å²) in [5, 5.41) is 3.04. The SMILES string of the molecule is CCNC(=S)SCC.[SeH][SeH]. The van der Waals surface area contributed by atoms with Crippen LogP contribution < -0.4 is 5.32 Å². The Morgan fingerprint density at radius 1 is 1.50 bits per heavy atom. The molecule has 1 N–H and O–H groups in total. The van der Waals surface area contributed by atoms with Gasteiger partial charge in [0.05, 0.1) is 0 Å². The van der Waals surface area contributed by atoms with Crippen LogP contribution in [0.15, 0.2) is 0 Å². The summed E-state index contributed by atoms with van der Waals surface area (Å²) in [7, 11) is 0. The molecule has 0 aliphatic carbocycles. The number of hydrogen-bond acceptors (Lipinski definition) is 2. The van der Waals surface area contributed by atoms with Crippen LogP contribution in [0.4, 0.5) is 0 Å². The zero-order valence-electron chi connectivity index (χ0n) is 6.13. The molecule has 0 aromatic carbocycles. The minimum atomic E-state index is 0.912. The van der Waals surface area contributed by atoms with E-state index in [0.29, 0.717) is 0 Å². The second-order valence-electron chi connectivity index (χ2n) is 1.25. The van der Waals surface area contributed by atoms with E-state index in [9.17, 15) is 0 Å². The number of thiocarbonyl (C=S) groups is 1. The molecule has 0 atom stereocenters. The summed E-state index contributed by atoms with van der Waals surface area (Å²) in [6.45, 7) is 5.07. The van der Waals surface area contributed by atoms with Crippen molar-refractivity contribution in [1.29, 1.82) is 0 Å². The van der Waals surface area contributed by atoms with Crippen LogP contribution in [-0.4, -0.2) is 45.0 Å². The van der Waals surface area contributed by atoms with Gasteiger partial charge in [0.1, 0.15) is 4.32 Å². The van der Waals surface area contributed by atoms with Gasteiger partial charge in [-0.3, -0.25) is 0 Å². The molecule has 0 amide bonds. The van der Waals surface area contributed by atoms with Gasteiger partial charge < -0.3 is 5.32 Å². The second-order valence-corrected chi connectivity index (χ2v) is 3.19. The van der Waals surface area contributed by atoms with Crippen molar-refractivity contribution < 1.29 is 0 Å². The quantitative estimate of drug-likeness (QED) is 0.583. The van der Waals surface area contributed by atoms with E-state index < -0.39 is 0 Å². The molecule has 62 valence electrons. The predicted molar refractivity (Wildman–Crippen MR) is 58.7 cm³/mol. The van der Waals surface area contributed by atoms with Gasteiger partial charge in [-0.15, -0.1) is 0 Å². The van der Waals surface area contributed by atoms with E-state index in [4.69, 9.17) is 12.2 Å². The average molecular weight is 309 g/mol. The van der Waals surface area contributed by atoms with Gasteiger partial charge in [0.25, 0.3) is 0 Å². The molecule has 0 saturated heterocycles. The zero-order chi connectivity index (χ0) is 8.41. The molecule has 1 nitrogen and oxygen atoms in total. The molecule has 0 heterocycles. The van der Waals surface area contributed by atoms with Crippen LogP contribution >= 0.6 is 24.0 Å². The van der Waals surface area contributed by atoms with Crippen molar-refractivity contribution in [3.05, 3.63) is 0 Å². The fraction of sp³-hybridized carbons (Fsp3) is 0.800. The van der Waals surface area contributed by atoms with Crippen LogP contribution in [0.2, 0.25) is 0 Å². The normalized spacial score (nSPS) is 7.60. The first kappa shape index (κ1) is 13.8. The van der Waals surface area contributed by atoms with Crippen molar-refractivity contribution >= 4 is 56.7 Å². The molecular formula is C5H13NS2Se2. The Balaban J connectivity index is 0. The fourth-order valence-electron chi connectivity index (χ4n) is 0.326. The molecular weight excluding hydrogens is 296 g/mol. The van der Waals surface area contributed by atoms with Gasteiger partial charge in [-0.05, 0) is 12.7 Å². The van der Waals surface area contributed by atoms with Gasteiger partial charge in [-0.25, -0.2) is 0 Å². The summed E-state index contributed by atoms with van der Waals surface area (Å²) in [5.41, 5.74) is 0. The monoisotopic (exact) mass is 311 g/mol. The Kier molecular flexibility index (Phi) is 17.9. The number of nitrogens with one attached hydrogen (secondary N) is 1. The molecule has 0 aromatic heterocycles. The summed E-state index contributed by atoms with van der Waals surface area (Å²) in [4.78, 5) is 0. The molecule has 0 radical (unpaired) electrons. The second kappa shape index (κ2) is 12.9. The van der Waals surface area contributed by atoms with Gasteiger partial charge in [0, 0.05) is 6.54 Å². The minimum absolute atomic E-state index is 0.912. The number of thioether (sulfide) groups is 1. The van der Waals surface area contributed by atoms with Crippen LogP contribution in [0.25, 0.3) is 0 Å². The summed E-state index contributed by atoms with van der Waals surface area (Å²) in [5.74, 6) is 1.06. The molecule has 0 spiro atoms. The van der Waals surface area contributed by atoms with Gasteiger partial charge in [0.2, 0.25) is 0 Å². The summed E-state index contributed by atoms with van der Waals surface area (Å²) >= 11 is 11.1. The third-order valence-electron chi connectivity index (χ3n) is 0.597. The summed E-state index contributed by atoms with van der Waals surface area (Å²) in [6, 6.07) is 0. The van der Waals surface area contributed by atoms with Crippen molar-refractivity contribution in [2.75, 3.05) is 12.3 Å². The van der Waals surface area contributed by atoms with Crippen LogP contribution in [0.5, 0.6) is 0 Å². The zero-order valence-corrected chi connectivity index (χ0v) is 11.5. The maximum absolute atomic E-state index is 4.90. The molecule has 0 aliphatic rings. The Labute approximate surface area is 87.7 Å². The van der Waals surface area contributed by atoms with E-state index >= 15 is 0 Å².